The van der Waals surface area contributed by atoms with Gasteiger partial charge in [-0.2, -0.15) is 15.4 Å². The number of ether oxygens (including phenoxy) is 1. The van der Waals surface area contributed by atoms with Gasteiger partial charge in [-0.3, -0.25) is 0 Å². The summed E-state index contributed by atoms with van der Waals surface area (Å²) >= 11 is 0. The maximum Gasteiger partial charge on any atom is 0.338 e. The van der Waals surface area contributed by atoms with Crippen molar-refractivity contribution in [1.82, 2.24) is 15.4 Å². The number of benzene rings is 1. The molecular weight excluding hydrogens is 254 g/mol. The lowest BCUT2D eigenvalue weighted by atomic mass is 10.1. The maximum absolute atomic E-state index is 11.9. The summed E-state index contributed by atoms with van der Waals surface area (Å²) in [5, 5.41) is 10.4. The van der Waals surface area contributed by atoms with Crippen LogP contribution in [0.15, 0.2) is 18.2 Å². The Morgan fingerprint density at radius 2 is 1.85 bits per heavy atom. The number of esters is 1. The monoisotopic (exact) mass is 275 g/mol. The largest absolute Gasteiger partial charge is 0.462 e. The summed E-state index contributed by atoms with van der Waals surface area (Å²) in [6.45, 7) is 2.69. The summed E-state index contributed by atoms with van der Waals surface area (Å²) in [6, 6.07) is 5.18. The molecule has 0 bridgehead atoms. The number of nitrogens with one attached hydrogen (secondary N) is 1. The van der Waals surface area contributed by atoms with Crippen LogP contribution in [0.5, 0.6) is 0 Å². The number of unbranched alkanes of at least 4 members (excludes halogenated alkanes) is 5. The highest BCUT2D eigenvalue weighted by atomic mass is 16.5. The van der Waals surface area contributed by atoms with E-state index in [-0.39, 0.29) is 5.97 Å². The Hall–Kier alpha value is -1.91. The van der Waals surface area contributed by atoms with Gasteiger partial charge in [0, 0.05) is 0 Å². The fourth-order valence-electron chi connectivity index (χ4n) is 2.10. The first-order valence-corrected chi connectivity index (χ1v) is 7.29. The summed E-state index contributed by atoms with van der Waals surface area (Å²) in [7, 11) is 0. The van der Waals surface area contributed by atoms with Gasteiger partial charge in [-0.1, -0.05) is 39.0 Å². The molecule has 0 fully saturated rings. The van der Waals surface area contributed by atoms with E-state index < -0.39 is 0 Å². The predicted molar refractivity (Wildman–Crippen MR) is 77.5 cm³/mol. The second kappa shape index (κ2) is 7.62. The van der Waals surface area contributed by atoms with Gasteiger partial charge in [0.25, 0.3) is 0 Å². The molecule has 1 aromatic carbocycles. The summed E-state index contributed by atoms with van der Waals surface area (Å²) in [6.07, 6.45) is 7.08. The third-order valence-corrected chi connectivity index (χ3v) is 3.28. The van der Waals surface area contributed by atoms with Crippen LogP contribution >= 0.6 is 0 Å². The molecule has 0 saturated carbocycles. The van der Waals surface area contributed by atoms with Crippen LogP contribution in [-0.2, 0) is 4.74 Å². The minimum absolute atomic E-state index is 0.288. The summed E-state index contributed by atoms with van der Waals surface area (Å²) < 4.78 is 5.26. The fourth-order valence-corrected chi connectivity index (χ4v) is 2.10. The summed E-state index contributed by atoms with van der Waals surface area (Å²) in [5.41, 5.74) is 1.95. The average molecular weight is 275 g/mol. The molecule has 0 aliphatic carbocycles. The average Bonchev–Trinajstić information content (AvgIpc) is 2.93. The Morgan fingerprint density at radius 1 is 1.10 bits per heavy atom. The van der Waals surface area contributed by atoms with Crippen LogP contribution in [0.3, 0.4) is 0 Å². The topological polar surface area (TPSA) is 67.9 Å². The number of fused-ring (bicyclic) bond motifs is 1. The van der Waals surface area contributed by atoms with Crippen molar-refractivity contribution in [3.05, 3.63) is 23.8 Å². The van der Waals surface area contributed by atoms with Gasteiger partial charge < -0.3 is 4.74 Å². The van der Waals surface area contributed by atoms with Crippen LogP contribution in [0.2, 0.25) is 0 Å². The first-order chi connectivity index (χ1) is 9.81. The number of carbonyl (C=O) groups excluding carboxylic acids is 1. The Morgan fingerprint density at radius 3 is 2.70 bits per heavy atom. The molecule has 0 spiro atoms. The van der Waals surface area contributed by atoms with Crippen LogP contribution < -0.4 is 0 Å². The summed E-state index contributed by atoms with van der Waals surface area (Å²) in [4.78, 5) is 11.9. The maximum atomic E-state index is 11.9. The molecule has 0 saturated heterocycles. The molecule has 0 aliphatic heterocycles. The van der Waals surface area contributed by atoms with Crippen molar-refractivity contribution in [3.8, 4) is 0 Å². The molecule has 1 N–H and O–H groups in total. The van der Waals surface area contributed by atoms with Crippen molar-refractivity contribution < 1.29 is 9.53 Å². The molecule has 2 rings (SSSR count). The fraction of sp³-hybridized carbons (Fsp3) is 0.533. The van der Waals surface area contributed by atoms with E-state index in [1.54, 1.807) is 18.2 Å². The molecule has 1 aromatic heterocycles. The van der Waals surface area contributed by atoms with E-state index >= 15 is 0 Å². The van der Waals surface area contributed by atoms with E-state index in [9.17, 15) is 4.79 Å². The number of aromatic nitrogens is 3. The van der Waals surface area contributed by atoms with Crippen LogP contribution in [0.4, 0.5) is 0 Å². The van der Waals surface area contributed by atoms with Gasteiger partial charge in [0.05, 0.1) is 12.2 Å². The van der Waals surface area contributed by atoms with E-state index in [1.807, 2.05) is 0 Å². The molecule has 2 aromatic rings. The van der Waals surface area contributed by atoms with Crippen molar-refractivity contribution >= 4 is 17.0 Å². The number of H-pyrrole nitrogens is 1. The van der Waals surface area contributed by atoms with Gasteiger partial charge in [-0.05, 0) is 24.6 Å². The minimum atomic E-state index is -0.288. The molecule has 20 heavy (non-hydrogen) atoms. The first kappa shape index (κ1) is 14.5. The number of rotatable bonds is 8. The highest BCUT2D eigenvalue weighted by molar-refractivity contribution is 5.93. The molecule has 0 unspecified atom stereocenters. The molecule has 0 atom stereocenters. The highest BCUT2D eigenvalue weighted by Crippen LogP contribution is 2.12. The second-order valence-corrected chi connectivity index (χ2v) is 4.93. The smallest absolute Gasteiger partial charge is 0.338 e. The van der Waals surface area contributed by atoms with Gasteiger partial charge in [-0.25, -0.2) is 4.79 Å². The molecule has 5 nitrogen and oxygen atoms in total. The van der Waals surface area contributed by atoms with E-state index in [1.165, 1.54) is 25.7 Å². The van der Waals surface area contributed by atoms with Crippen molar-refractivity contribution in [2.75, 3.05) is 6.61 Å². The Bertz CT molecular complexity index is 551. The SMILES string of the molecule is CCCCCCCCOC(=O)c1ccc2n[nH]nc2c1. The van der Waals surface area contributed by atoms with Crippen LogP contribution in [0, 0.1) is 0 Å². The van der Waals surface area contributed by atoms with Crippen molar-refractivity contribution in [1.29, 1.82) is 0 Å². The van der Waals surface area contributed by atoms with Gasteiger partial charge in [0.15, 0.2) is 0 Å². The van der Waals surface area contributed by atoms with Crippen LogP contribution in [0.1, 0.15) is 55.8 Å². The van der Waals surface area contributed by atoms with E-state index in [4.69, 9.17) is 4.74 Å². The lowest BCUT2D eigenvalue weighted by molar-refractivity contribution is 0.0498. The molecule has 0 amide bonds. The molecule has 108 valence electrons. The van der Waals surface area contributed by atoms with E-state index in [0.29, 0.717) is 17.7 Å². The summed E-state index contributed by atoms with van der Waals surface area (Å²) in [5.74, 6) is -0.288. The molecule has 1 heterocycles. The predicted octanol–water partition coefficient (Wildman–Crippen LogP) is 3.48. The number of carbonyl (C=O) groups is 1. The lowest BCUT2D eigenvalue weighted by Gasteiger charge is -2.04. The first-order valence-electron chi connectivity index (χ1n) is 7.29. The normalized spacial score (nSPS) is 10.8. The second-order valence-electron chi connectivity index (χ2n) is 4.93. The van der Waals surface area contributed by atoms with Crippen molar-refractivity contribution in [2.45, 2.75) is 45.4 Å². The zero-order valence-electron chi connectivity index (χ0n) is 11.9. The number of hydrogen-bond donors (Lipinski definition) is 1. The van der Waals surface area contributed by atoms with Crippen LogP contribution in [0.25, 0.3) is 11.0 Å². The van der Waals surface area contributed by atoms with Crippen LogP contribution in [-0.4, -0.2) is 28.0 Å². The quantitative estimate of drug-likeness (QED) is 0.591. The van der Waals surface area contributed by atoms with E-state index in [2.05, 4.69) is 22.3 Å². The van der Waals surface area contributed by atoms with E-state index in [0.717, 1.165) is 18.4 Å². The lowest BCUT2D eigenvalue weighted by Crippen LogP contribution is -2.06. The molecule has 0 aliphatic rings. The van der Waals surface area contributed by atoms with Crippen molar-refractivity contribution in [3.63, 3.8) is 0 Å². The number of hydrogen-bond acceptors (Lipinski definition) is 4. The van der Waals surface area contributed by atoms with Gasteiger partial charge in [-0.15, -0.1) is 0 Å². The Kier molecular flexibility index (Phi) is 5.53. The zero-order valence-corrected chi connectivity index (χ0v) is 11.9. The van der Waals surface area contributed by atoms with Gasteiger partial charge >= 0.3 is 5.97 Å². The Balaban J connectivity index is 1.71. The standard InChI is InChI=1S/C15H21N3O2/c1-2-3-4-5-6-7-10-20-15(19)12-8-9-13-14(11-12)17-18-16-13/h8-9,11H,2-7,10H2,1H3,(H,16,17,18). The van der Waals surface area contributed by atoms with Gasteiger partial charge in [0.2, 0.25) is 0 Å². The number of aromatic amines is 1. The molecule has 5 heteroatoms. The number of nitrogens with zero attached hydrogens (tertiary/aromatic N) is 2. The minimum Gasteiger partial charge on any atom is -0.462 e. The zero-order chi connectivity index (χ0) is 14.2. The third-order valence-electron chi connectivity index (χ3n) is 3.28. The third kappa shape index (κ3) is 4.05. The van der Waals surface area contributed by atoms with Gasteiger partial charge in [0.1, 0.15) is 11.0 Å². The van der Waals surface area contributed by atoms with Crippen molar-refractivity contribution in [2.24, 2.45) is 0 Å². The molecule has 0 radical (unpaired) electrons. The highest BCUT2D eigenvalue weighted by Gasteiger charge is 2.09. The molecular formula is C15H21N3O2. The Labute approximate surface area is 118 Å².